The fourth-order valence-corrected chi connectivity index (χ4v) is 1.90. The van der Waals surface area contributed by atoms with Gasteiger partial charge in [-0.3, -0.25) is 9.78 Å². The van der Waals surface area contributed by atoms with Crippen molar-refractivity contribution in [2.24, 2.45) is 5.92 Å². The van der Waals surface area contributed by atoms with E-state index in [1.54, 1.807) is 12.4 Å². The summed E-state index contributed by atoms with van der Waals surface area (Å²) in [7, 11) is 0. The van der Waals surface area contributed by atoms with Gasteiger partial charge in [0.1, 0.15) is 0 Å². The molecule has 1 aromatic heterocycles. The lowest BCUT2D eigenvalue weighted by atomic mass is 9.98. The Morgan fingerprint density at radius 2 is 2.06 bits per heavy atom. The molecule has 2 atom stereocenters. The normalized spacial score (nSPS) is 13.9. The second kappa shape index (κ2) is 7.82. The van der Waals surface area contributed by atoms with Crippen LogP contribution in [0.2, 0.25) is 0 Å². The molecule has 1 rings (SSSR count). The topological polar surface area (TPSA) is 51.2 Å². The van der Waals surface area contributed by atoms with Crippen LogP contribution in [0.3, 0.4) is 0 Å². The maximum atomic E-state index is 11.8. The molecule has 0 aliphatic heterocycles. The predicted octanol–water partition coefficient (Wildman–Crippen LogP) is 2.15. The summed E-state index contributed by atoms with van der Waals surface area (Å²) in [4.78, 5) is 15.7. The summed E-state index contributed by atoms with van der Waals surface area (Å²) in [5, 5.41) is 3.36. The lowest BCUT2D eigenvalue weighted by molar-refractivity contribution is -0.149. The molecule has 1 heterocycles. The molecule has 0 saturated carbocycles. The maximum Gasteiger partial charge on any atom is 0.310 e. The first-order valence-corrected chi connectivity index (χ1v) is 6.47. The predicted molar refractivity (Wildman–Crippen MR) is 71.0 cm³/mol. The Bertz CT molecular complexity index is 354. The smallest absolute Gasteiger partial charge is 0.310 e. The SMILES string of the molecule is CCOC(=O)C(CC)C(C)NCc1ccncc1. The van der Waals surface area contributed by atoms with Crippen molar-refractivity contribution < 1.29 is 9.53 Å². The molecule has 1 aromatic rings. The average Bonchev–Trinajstić information content (AvgIpc) is 2.39. The fraction of sp³-hybridized carbons (Fsp3) is 0.571. The van der Waals surface area contributed by atoms with Crippen LogP contribution < -0.4 is 5.32 Å². The average molecular weight is 250 g/mol. The molecule has 0 aliphatic rings. The van der Waals surface area contributed by atoms with Gasteiger partial charge in [0.05, 0.1) is 12.5 Å². The van der Waals surface area contributed by atoms with Crippen LogP contribution in [0.15, 0.2) is 24.5 Å². The molecule has 4 heteroatoms. The summed E-state index contributed by atoms with van der Waals surface area (Å²) < 4.78 is 5.08. The molecule has 0 bridgehead atoms. The van der Waals surface area contributed by atoms with Gasteiger partial charge in [-0.15, -0.1) is 0 Å². The summed E-state index contributed by atoms with van der Waals surface area (Å²) in [5.41, 5.74) is 1.16. The molecule has 2 unspecified atom stereocenters. The van der Waals surface area contributed by atoms with Gasteiger partial charge in [-0.05, 0) is 38.0 Å². The fourth-order valence-electron chi connectivity index (χ4n) is 1.90. The molecule has 0 radical (unpaired) electrons. The van der Waals surface area contributed by atoms with Gasteiger partial charge in [-0.1, -0.05) is 6.92 Å². The number of esters is 1. The molecule has 0 spiro atoms. The van der Waals surface area contributed by atoms with Crippen molar-refractivity contribution in [3.8, 4) is 0 Å². The van der Waals surface area contributed by atoms with Gasteiger partial charge >= 0.3 is 5.97 Å². The third kappa shape index (κ3) is 4.45. The molecule has 0 fully saturated rings. The van der Waals surface area contributed by atoms with Crippen molar-refractivity contribution in [1.29, 1.82) is 0 Å². The highest BCUT2D eigenvalue weighted by atomic mass is 16.5. The molecule has 0 aliphatic carbocycles. The molecule has 18 heavy (non-hydrogen) atoms. The lowest BCUT2D eigenvalue weighted by Gasteiger charge is -2.22. The lowest BCUT2D eigenvalue weighted by Crippen LogP contribution is -2.38. The minimum absolute atomic E-state index is 0.0909. The number of rotatable bonds is 7. The Morgan fingerprint density at radius 1 is 1.39 bits per heavy atom. The summed E-state index contributed by atoms with van der Waals surface area (Å²) >= 11 is 0. The number of hydrogen-bond acceptors (Lipinski definition) is 4. The van der Waals surface area contributed by atoms with Gasteiger partial charge in [0.2, 0.25) is 0 Å². The second-order valence-corrected chi connectivity index (χ2v) is 4.29. The Kier molecular flexibility index (Phi) is 6.36. The number of nitrogens with one attached hydrogen (secondary N) is 1. The molecule has 0 aromatic carbocycles. The highest BCUT2D eigenvalue weighted by Crippen LogP contribution is 2.11. The number of hydrogen-bond donors (Lipinski definition) is 1. The van der Waals surface area contributed by atoms with Gasteiger partial charge in [-0.2, -0.15) is 0 Å². The minimum atomic E-state index is -0.116. The van der Waals surface area contributed by atoms with Gasteiger partial charge in [0.25, 0.3) is 0 Å². The zero-order chi connectivity index (χ0) is 13.4. The zero-order valence-corrected chi connectivity index (χ0v) is 11.3. The van der Waals surface area contributed by atoms with E-state index in [1.165, 1.54) is 0 Å². The minimum Gasteiger partial charge on any atom is -0.466 e. The van der Waals surface area contributed by atoms with E-state index < -0.39 is 0 Å². The third-order valence-electron chi connectivity index (χ3n) is 3.01. The van der Waals surface area contributed by atoms with Gasteiger partial charge < -0.3 is 10.1 Å². The molecule has 4 nitrogen and oxygen atoms in total. The standard InChI is InChI=1S/C14H22N2O2/c1-4-13(14(17)18-5-2)11(3)16-10-12-6-8-15-9-7-12/h6-9,11,13,16H,4-5,10H2,1-3H3. The van der Waals surface area contributed by atoms with Crippen molar-refractivity contribution in [3.63, 3.8) is 0 Å². The van der Waals surface area contributed by atoms with E-state index in [0.29, 0.717) is 6.61 Å². The molecule has 0 amide bonds. The van der Waals surface area contributed by atoms with Gasteiger partial charge in [0, 0.05) is 25.0 Å². The van der Waals surface area contributed by atoms with Crippen LogP contribution >= 0.6 is 0 Å². The maximum absolute atomic E-state index is 11.8. The van der Waals surface area contributed by atoms with Crippen molar-refractivity contribution in [1.82, 2.24) is 10.3 Å². The van der Waals surface area contributed by atoms with Crippen LogP contribution in [0.1, 0.15) is 32.8 Å². The van der Waals surface area contributed by atoms with E-state index in [0.717, 1.165) is 18.5 Å². The number of pyridine rings is 1. The van der Waals surface area contributed by atoms with Gasteiger partial charge in [0.15, 0.2) is 0 Å². The van der Waals surface area contributed by atoms with E-state index in [1.807, 2.05) is 32.9 Å². The number of carbonyl (C=O) groups is 1. The molecule has 0 saturated heterocycles. The first-order valence-electron chi connectivity index (χ1n) is 6.47. The Labute approximate surface area is 109 Å². The molecule has 1 N–H and O–H groups in total. The van der Waals surface area contributed by atoms with Crippen LogP contribution in [0.4, 0.5) is 0 Å². The summed E-state index contributed by atoms with van der Waals surface area (Å²) in [6.45, 7) is 7.03. The second-order valence-electron chi connectivity index (χ2n) is 4.29. The van der Waals surface area contributed by atoms with Crippen LogP contribution in [0, 0.1) is 5.92 Å². The quantitative estimate of drug-likeness (QED) is 0.753. The number of nitrogens with zero attached hydrogens (tertiary/aromatic N) is 1. The number of aromatic nitrogens is 1. The third-order valence-corrected chi connectivity index (χ3v) is 3.01. The first-order chi connectivity index (χ1) is 8.69. The largest absolute Gasteiger partial charge is 0.466 e. The summed E-state index contributed by atoms with van der Waals surface area (Å²) in [6, 6.07) is 4.03. The van der Waals surface area contributed by atoms with E-state index in [4.69, 9.17) is 4.74 Å². The van der Waals surface area contributed by atoms with E-state index in [9.17, 15) is 4.79 Å². The van der Waals surface area contributed by atoms with Crippen LogP contribution in [0.25, 0.3) is 0 Å². The Balaban J connectivity index is 2.47. The number of ether oxygens (including phenoxy) is 1. The van der Waals surface area contributed by atoms with E-state index >= 15 is 0 Å². The first kappa shape index (κ1) is 14.6. The molecular formula is C14H22N2O2. The highest BCUT2D eigenvalue weighted by Gasteiger charge is 2.23. The van der Waals surface area contributed by atoms with Crippen molar-refractivity contribution in [2.45, 2.75) is 39.8 Å². The Hall–Kier alpha value is -1.42. The zero-order valence-electron chi connectivity index (χ0n) is 11.3. The van der Waals surface area contributed by atoms with Crippen LogP contribution in [0.5, 0.6) is 0 Å². The summed E-state index contributed by atoms with van der Waals surface area (Å²) in [5.74, 6) is -0.207. The van der Waals surface area contributed by atoms with Crippen molar-refractivity contribution in [2.75, 3.05) is 6.61 Å². The monoisotopic (exact) mass is 250 g/mol. The molecular weight excluding hydrogens is 228 g/mol. The Morgan fingerprint density at radius 3 is 2.61 bits per heavy atom. The highest BCUT2D eigenvalue weighted by molar-refractivity contribution is 5.73. The van der Waals surface area contributed by atoms with E-state index in [2.05, 4.69) is 10.3 Å². The van der Waals surface area contributed by atoms with Crippen molar-refractivity contribution >= 4 is 5.97 Å². The van der Waals surface area contributed by atoms with Gasteiger partial charge in [-0.25, -0.2) is 0 Å². The van der Waals surface area contributed by atoms with E-state index in [-0.39, 0.29) is 17.9 Å². The van der Waals surface area contributed by atoms with Crippen molar-refractivity contribution in [3.05, 3.63) is 30.1 Å². The molecule has 100 valence electrons. The van der Waals surface area contributed by atoms with Crippen LogP contribution in [-0.2, 0) is 16.1 Å². The number of carbonyl (C=O) groups excluding carboxylic acids is 1. The van der Waals surface area contributed by atoms with Crippen LogP contribution in [-0.4, -0.2) is 23.6 Å². The summed E-state index contributed by atoms with van der Waals surface area (Å²) in [6.07, 6.45) is 4.32.